The standard InChI is InChI=1S/C9H7NO/c11-9-6-5-7-3-1-2-4-8(7)10-9/h1-7H. The Kier molecular flexibility index (Phi) is 1.32. The van der Waals surface area contributed by atoms with Crippen molar-refractivity contribution in [2.24, 2.45) is 10.9 Å². The monoisotopic (exact) mass is 145 g/mol. The lowest BCUT2D eigenvalue weighted by Gasteiger charge is -2.13. The molecule has 0 saturated carbocycles. The van der Waals surface area contributed by atoms with E-state index in [1.165, 1.54) is 6.08 Å². The first-order valence-corrected chi connectivity index (χ1v) is 3.52. The largest absolute Gasteiger partial charge is 0.269 e. The Hall–Kier alpha value is -1.44. The summed E-state index contributed by atoms with van der Waals surface area (Å²) in [5, 5.41) is 0. The maximum absolute atomic E-state index is 10.8. The van der Waals surface area contributed by atoms with Crippen LogP contribution < -0.4 is 0 Å². The molecule has 1 amide bonds. The van der Waals surface area contributed by atoms with Crippen molar-refractivity contribution >= 4 is 11.6 Å². The van der Waals surface area contributed by atoms with Crippen LogP contribution in [0, 0.1) is 5.92 Å². The topological polar surface area (TPSA) is 29.4 Å². The third-order valence-corrected chi connectivity index (χ3v) is 1.72. The number of hydrogen-bond acceptors (Lipinski definition) is 1. The highest BCUT2D eigenvalue weighted by Gasteiger charge is 2.14. The molecule has 2 rings (SSSR count). The quantitative estimate of drug-likeness (QED) is 0.504. The van der Waals surface area contributed by atoms with Crippen LogP contribution in [-0.2, 0) is 4.79 Å². The summed E-state index contributed by atoms with van der Waals surface area (Å²) in [4.78, 5) is 14.6. The van der Waals surface area contributed by atoms with E-state index in [0.717, 1.165) is 5.71 Å². The molecule has 0 bridgehead atoms. The van der Waals surface area contributed by atoms with Crippen LogP contribution >= 0.6 is 0 Å². The normalized spacial score (nSPS) is 26.7. The summed E-state index contributed by atoms with van der Waals surface area (Å²) in [6.45, 7) is 0. The number of hydrogen-bond donors (Lipinski definition) is 0. The van der Waals surface area contributed by atoms with Gasteiger partial charge in [0, 0.05) is 12.0 Å². The maximum Gasteiger partial charge on any atom is 0.269 e. The predicted molar refractivity (Wildman–Crippen MR) is 43.4 cm³/mol. The molecule has 1 heterocycles. The van der Waals surface area contributed by atoms with E-state index in [4.69, 9.17) is 0 Å². The molecule has 1 aliphatic carbocycles. The lowest BCUT2D eigenvalue weighted by atomic mass is 9.96. The molecule has 1 aliphatic heterocycles. The molecular formula is C9H7NO. The Morgan fingerprint density at radius 1 is 1.18 bits per heavy atom. The summed E-state index contributed by atoms with van der Waals surface area (Å²) >= 11 is 0. The Bertz CT molecular complexity index is 308. The van der Waals surface area contributed by atoms with E-state index in [2.05, 4.69) is 4.99 Å². The third-order valence-electron chi connectivity index (χ3n) is 1.72. The second kappa shape index (κ2) is 2.31. The van der Waals surface area contributed by atoms with Crippen LogP contribution in [0.2, 0.25) is 0 Å². The number of rotatable bonds is 0. The zero-order chi connectivity index (χ0) is 7.68. The second-order valence-corrected chi connectivity index (χ2v) is 2.50. The smallest absolute Gasteiger partial charge is 0.267 e. The van der Waals surface area contributed by atoms with Crippen LogP contribution in [0.3, 0.4) is 0 Å². The van der Waals surface area contributed by atoms with Crippen LogP contribution in [-0.4, -0.2) is 11.6 Å². The number of carbonyl (C=O) groups excluding carboxylic acids is 1. The van der Waals surface area contributed by atoms with Gasteiger partial charge < -0.3 is 0 Å². The van der Waals surface area contributed by atoms with Crippen molar-refractivity contribution in [1.29, 1.82) is 0 Å². The average molecular weight is 145 g/mol. The van der Waals surface area contributed by atoms with Crippen LogP contribution in [0.1, 0.15) is 0 Å². The van der Waals surface area contributed by atoms with Gasteiger partial charge >= 0.3 is 0 Å². The molecule has 0 spiro atoms. The van der Waals surface area contributed by atoms with Crippen molar-refractivity contribution in [3.05, 3.63) is 36.5 Å². The summed E-state index contributed by atoms with van der Waals surface area (Å²) in [7, 11) is 0. The predicted octanol–water partition coefficient (Wildman–Crippen LogP) is 1.27. The molecule has 1 atom stereocenters. The van der Waals surface area contributed by atoms with Crippen LogP contribution in [0.25, 0.3) is 0 Å². The van der Waals surface area contributed by atoms with Crippen LogP contribution in [0.15, 0.2) is 41.4 Å². The summed E-state index contributed by atoms with van der Waals surface area (Å²) < 4.78 is 0. The highest BCUT2D eigenvalue weighted by Crippen LogP contribution is 2.14. The van der Waals surface area contributed by atoms with Crippen molar-refractivity contribution in [2.75, 3.05) is 0 Å². The molecular weight excluding hydrogens is 138 g/mol. The number of nitrogens with zero attached hydrogens (tertiary/aromatic N) is 1. The van der Waals surface area contributed by atoms with Crippen molar-refractivity contribution in [1.82, 2.24) is 0 Å². The Labute approximate surface area is 64.6 Å². The van der Waals surface area contributed by atoms with Gasteiger partial charge in [-0.25, -0.2) is 4.99 Å². The molecule has 0 saturated heterocycles. The molecule has 11 heavy (non-hydrogen) atoms. The van der Waals surface area contributed by atoms with Crippen molar-refractivity contribution in [3.8, 4) is 0 Å². The number of fused-ring (bicyclic) bond motifs is 1. The van der Waals surface area contributed by atoms with E-state index >= 15 is 0 Å². The summed E-state index contributed by atoms with van der Waals surface area (Å²) in [5.41, 5.74) is 0.847. The van der Waals surface area contributed by atoms with Crippen molar-refractivity contribution in [2.45, 2.75) is 0 Å². The highest BCUT2D eigenvalue weighted by molar-refractivity contribution is 6.11. The highest BCUT2D eigenvalue weighted by atomic mass is 16.1. The molecule has 0 radical (unpaired) electrons. The van der Waals surface area contributed by atoms with Gasteiger partial charge in [-0.3, -0.25) is 4.79 Å². The van der Waals surface area contributed by atoms with Crippen molar-refractivity contribution in [3.63, 3.8) is 0 Å². The minimum absolute atomic E-state index is 0.156. The van der Waals surface area contributed by atoms with E-state index in [1.54, 1.807) is 0 Å². The number of aliphatic imine (C=N–C) groups is 1. The van der Waals surface area contributed by atoms with Gasteiger partial charge in [0.25, 0.3) is 5.91 Å². The van der Waals surface area contributed by atoms with E-state index in [0.29, 0.717) is 0 Å². The summed E-state index contributed by atoms with van der Waals surface area (Å²) in [6.07, 6.45) is 11.1. The molecule has 54 valence electrons. The Morgan fingerprint density at radius 3 is 3.00 bits per heavy atom. The molecule has 0 aromatic heterocycles. The van der Waals surface area contributed by atoms with Gasteiger partial charge in [-0.1, -0.05) is 24.3 Å². The van der Waals surface area contributed by atoms with Crippen molar-refractivity contribution < 1.29 is 4.79 Å². The Balaban J connectivity index is 2.39. The lowest BCUT2D eigenvalue weighted by molar-refractivity contribution is -0.113. The van der Waals surface area contributed by atoms with Gasteiger partial charge in [-0.2, -0.15) is 0 Å². The minimum atomic E-state index is -0.156. The first-order valence-electron chi connectivity index (χ1n) is 3.52. The number of carbonyl (C=O) groups is 1. The molecule has 2 nitrogen and oxygen atoms in total. The number of allylic oxidation sites excluding steroid dienone is 5. The van der Waals surface area contributed by atoms with Gasteiger partial charge in [0.05, 0.1) is 5.71 Å². The lowest BCUT2D eigenvalue weighted by Crippen LogP contribution is -2.15. The second-order valence-electron chi connectivity index (χ2n) is 2.50. The summed E-state index contributed by atoms with van der Waals surface area (Å²) in [6, 6.07) is 0. The molecule has 0 fully saturated rings. The van der Waals surface area contributed by atoms with Crippen LogP contribution in [0.5, 0.6) is 0 Å². The number of amides is 1. The molecule has 2 heteroatoms. The maximum atomic E-state index is 10.8. The summed E-state index contributed by atoms with van der Waals surface area (Å²) in [5.74, 6) is 0.0638. The molecule has 0 N–H and O–H groups in total. The van der Waals surface area contributed by atoms with E-state index in [-0.39, 0.29) is 11.8 Å². The fourth-order valence-corrected chi connectivity index (χ4v) is 1.17. The van der Waals surface area contributed by atoms with Gasteiger partial charge in [-0.15, -0.1) is 0 Å². The van der Waals surface area contributed by atoms with E-state index < -0.39 is 0 Å². The van der Waals surface area contributed by atoms with E-state index in [1.807, 2.05) is 30.4 Å². The third kappa shape index (κ3) is 1.07. The fourth-order valence-electron chi connectivity index (χ4n) is 1.17. The van der Waals surface area contributed by atoms with E-state index in [9.17, 15) is 4.79 Å². The SMILES string of the molecule is O=C1C=CC2C=CC=CC2=N1. The Morgan fingerprint density at radius 2 is 2.09 bits per heavy atom. The first-order chi connectivity index (χ1) is 5.36. The fraction of sp³-hybridized carbons (Fsp3) is 0.111. The van der Waals surface area contributed by atoms with Gasteiger partial charge in [0.1, 0.15) is 0 Å². The molecule has 0 aromatic rings. The zero-order valence-electron chi connectivity index (χ0n) is 5.90. The van der Waals surface area contributed by atoms with Gasteiger partial charge in [-0.05, 0) is 6.08 Å². The van der Waals surface area contributed by atoms with Gasteiger partial charge in [0.2, 0.25) is 0 Å². The first kappa shape index (κ1) is 6.28. The zero-order valence-corrected chi connectivity index (χ0v) is 5.90. The van der Waals surface area contributed by atoms with Gasteiger partial charge in [0.15, 0.2) is 0 Å². The van der Waals surface area contributed by atoms with Crippen LogP contribution in [0.4, 0.5) is 0 Å². The molecule has 1 unspecified atom stereocenters. The average Bonchev–Trinajstić information content (AvgIpc) is 2.04. The molecule has 0 aromatic carbocycles. The molecule has 2 aliphatic rings. The minimum Gasteiger partial charge on any atom is -0.267 e. The number of dihydropyridines is 1.